The molecule has 0 bridgehead atoms. The molecule has 9 heteroatoms. The van der Waals surface area contributed by atoms with E-state index in [1.54, 1.807) is 12.1 Å². The number of carbonyl (C=O) groups excluding carboxylic acids is 4. The summed E-state index contributed by atoms with van der Waals surface area (Å²) in [6.45, 7) is 12.4. The third kappa shape index (κ3) is 6.13. The molecule has 192 valence electrons. The number of urea groups is 1. The Morgan fingerprint density at radius 3 is 2.43 bits per heavy atom. The van der Waals surface area contributed by atoms with Crippen LogP contribution < -0.4 is 15.5 Å². The number of imide groups is 1. The van der Waals surface area contributed by atoms with Crippen molar-refractivity contribution in [2.75, 3.05) is 29.9 Å². The van der Waals surface area contributed by atoms with Crippen LogP contribution in [0.2, 0.25) is 0 Å². The van der Waals surface area contributed by atoms with E-state index in [4.69, 9.17) is 4.74 Å². The number of carbonyl (C=O) groups is 4. The molecule has 1 aromatic rings. The molecule has 1 aromatic carbocycles. The summed E-state index contributed by atoms with van der Waals surface area (Å²) in [5.41, 5.74) is 0.552. The average molecular weight is 487 g/mol. The topological polar surface area (TPSA) is 108 Å². The fourth-order valence-corrected chi connectivity index (χ4v) is 5.75. The van der Waals surface area contributed by atoms with Gasteiger partial charge in [0.05, 0.1) is 0 Å². The first-order chi connectivity index (χ1) is 16.4. The molecule has 0 aromatic heterocycles. The summed E-state index contributed by atoms with van der Waals surface area (Å²) >= 11 is 0. The third-order valence-corrected chi connectivity index (χ3v) is 6.72. The summed E-state index contributed by atoms with van der Waals surface area (Å²) in [5, 5.41) is 5.52. The van der Waals surface area contributed by atoms with Crippen molar-refractivity contribution in [3.63, 3.8) is 0 Å². The maximum atomic E-state index is 13.1. The van der Waals surface area contributed by atoms with Gasteiger partial charge in [0.25, 0.3) is 11.8 Å². The minimum Gasteiger partial charge on any atom is -0.454 e. The molecule has 2 aliphatic rings. The van der Waals surface area contributed by atoms with Gasteiger partial charge in [0, 0.05) is 24.0 Å². The average Bonchev–Trinajstić information content (AvgIpc) is 2.95. The number of esters is 1. The van der Waals surface area contributed by atoms with Crippen molar-refractivity contribution in [1.82, 2.24) is 10.2 Å². The molecule has 2 N–H and O–H groups in total. The number of nitrogens with one attached hydrogen (secondary N) is 2. The van der Waals surface area contributed by atoms with E-state index >= 15 is 0 Å². The maximum Gasteiger partial charge on any atom is 0.326 e. The normalized spacial score (nSPS) is 23.4. The van der Waals surface area contributed by atoms with Crippen molar-refractivity contribution in [2.45, 2.75) is 72.4 Å². The van der Waals surface area contributed by atoms with E-state index < -0.39 is 42.5 Å². The van der Waals surface area contributed by atoms with E-state index in [1.165, 1.54) is 0 Å². The Bertz CT molecular complexity index is 974. The Kier molecular flexibility index (Phi) is 7.77. The lowest BCUT2D eigenvalue weighted by Crippen LogP contribution is -2.54. The predicted molar refractivity (Wildman–Crippen MR) is 134 cm³/mol. The lowest BCUT2D eigenvalue weighted by molar-refractivity contribution is -0.150. The largest absolute Gasteiger partial charge is 0.454 e. The van der Waals surface area contributed by atoms with E-state index in [0.29, 0.717) is 24.6 Å². The number of hydrogen-bond donors (Lipinski definition) is 2. The monoisotopic (exact) mass is 486 g/mol. The highest BCUT2D eigenvalue weighted by Crippen LogP contribution is 2.46. The molecule has 35 heavy (non-hydrogen) atoms. The van der Waals surface area contributed by atoms with Gasteiger partial charge in [-0.05, 0) is 75.6 Å². The van der Waals surface area contributed by atoms with Crippen molar-refractivity contribution in [2.24, 2.45) is 11.3 Å². The van der Waals surface area contributed by atoms with Crippen LogP contribution in [0, 0.1) is 11.3 Å². The lowest BCUT2D eigenvalue weighted by Gasteiger charge is -2.43. The van der Waals surface area contributed by atoms with Gasteiger partial charge in [-0.2, -0.15) is 0 Å². The van der Waals surface area contributed by atoms with Crippen LogP contribution in [-0.4, -0.2) is 60.0 Å². The molecular weight excluding hydrogens is 448 g/mol. The first-order valence-electron chi connectivity index (χ1n) is 12.3. The van der Waals surface area contributed by atoms with Gasteiger partial charge in [-0.25, -0.2) is 4.79 Å². The molecule has 3 rings (SSSR count). The first-order valence-corrected chi connectivity index (χ1v) is 12.3. The number of ether oxygens (including phenoxy) is 1. The molecule has 1 aliphatic carbocycles. The Labute approximate surface area is 207 Å². The molecule has 2 atom stereocenters. The van der Waals surface area contributed by atoms with Crippen LogP contribution in [0.3, 0.4) is 0 Å². The molecule has 4 amide bonds. The van der Waals surface area contributed by atoms with Crippen LogP contribution in [0.15, 0.2) is 24.3 Å². The second-order valence-corrected chi connectivity index (χ2v) is 10.9. The van der Waals surface area contributed by atoms with E-state index in [0.717, 1.165) is 23.6 Å². The highest BCUT2D eigenvalue weighted by molar-refractivity contribution is 6.09. The minimum atomic E-state index is -0.981. The zero-order valence-corrected chi connectivity index (χ0v) is 21.6. The minimum absolute atomic E-state index is 0.100. The third-order valence-electron chi connectivity index (χ3n) is 6.72. The van der Waals surface area contributed by atoms with Crippen LogP contribution in [0.1, 0.15) is 60.8 Å². The molecule has 2 fully saturated rings. The highest BCUT2D eigenvalue weighted by atomic mass is 16.5. The Morgan fingerprint density at radius 2 is 1.86 bits per heavy atom. The Hall–Kier alpha value is -3.10. The van der Waals surface area contributed by atoms with Crippen molar-refractivity contribution >= 4 is 35.2 Å². The van der Waals surface area contributed by atoms with Gasteiger partial charge in [-0.15, -0.1) is 0 Å². The van der Waals surface area contributed by atoms with E-state index in [2.05, 4.69) is 57.1 Å². The van der Waals surface area contributed by atoms with Crippen molar-refractivity contribution in [3.8, 4) is 0 Å². The maximum absolute atomic E-state index is 13.1. The summed E-state index contributed by atoms with van der Waals surface area (Å²) in [7, 11) is 0. The van der Waals surface area contributed by atoms with Gasteiger partial charge in [-0.3, -0.25) is 19.3 Å². The number of rotatable bonds is 8. The summed E-state index contributed by atoms with van der Waals surface area (Å²) in [5.74, 6) is -1.44. The summed E-state index contributed by atoms with van der Waals surface area (Å²) in [4.78, 5) is 53.4. The second-order valence-electron chi connectivity index (χ2n) is 10.9. The quantitative estimate of drug-likeness (QED) is 0.430. The molecule has 1 saturated heterocycles. The van der Waals surface area contributed by atoms with Gasteiger partial charge < -0.3 is 20.3 Å². The molecule has 1 spiro atoms. The summed E-state index contributed by atoms with van der Waals surface area (Å²) in [6, 6.07) is 7.19. The number of benzene rings is 1. The van der Waals surface area contributed by atoms with Crippen molar-refractivity contribution in [3.05, 3.63) is 24.3 Å². The molecule has 9 nitrogen and oxygen atoms in total. The molecule has 1 aliphatic heterocycles. The number of anilines is 2. The molecule has 1 saturated carbocycles. The zero-order valence-electron chi connectivity index (χ0n) is 21.6. The molecule has 1 heterocycles. The van der Waals surface area contributed by atoms with Crippen molar-refractivity contribution in [1.29, 1.82) is 0 Å². The van der Waals surface area contributed by atoms with E-state index in [1.807, 2.05) is 12.1 Å². The van der Waals surface area contributed by atoms with E-state index in [-0.39, 0.29) is 11.3 Å². The van der Waals surface area contributed by atoms with Crippen LogP contribution in [0.25, 0.3) is 0 Å². The SMILES string of the molecule is CCN(c1ccc(NC(=O)COC(=O)CN2C(=O)NC3(CC(C)CC(C)(C)C3)C2=O)cc1)C(C)C. The van der Waals surface area contributed by atoms with Gasteiger partial charge in [-0.1, -0.05) is 20.8 Å². The van der Waals surface area contributed by atoms with Gasteiger partial charge in [0.15, 0.2) is 6.61 Å². The molecular formula is C26H38N4O5. The van der Waals surface area contributed by atoms with Crippen molar-refractivity contribution < 1.29 is 23.9 Å². The summed E-state index contributed by atoms with van der Waals surface area (Å²) in [6.07, 6.45) is 2.03. The van der Waals surface area contributed by atoms with Crippen LogP contribution in [-0.2, 0) is 19.1 Å². The smallest absolute Gasteiger partial charge is 0.326 e. The molecule has 0 radical (unpaired) electrons. The summed E-state index contributed by atoms with van der Waals surface area (Å²) < 4.78 is 5.05. The Balaban J connectivity index is 1.51. The highest BCUT2D eigenvalue weighted by Gasteiger charge is 2.56. The zero-order chi connectivity index (χ0) is 26.0. The van der Waals surface area contributed by atoms with Gasteiger partial charge in [0.1, 0.15) is 12.1 Å². The number of amides is 4. The predicted octanol–water partition coefficient (Wildman–Crippen LogP) is 3.54. The number of hydrogen-bond acceptors (Lipinski definition) is 6. The fourth-order valence-electron chi connectivity index (χ4n) is 5.75. The Morgan fingerprint density at radius 1 is 1.20 bits per heavy atom. The molecule has 2 unspecified atom stereocenters. The van der Waals surface area contributed by atoms with Crippen LogP contribution in [0.4, 0.5) is 16.2 Å². The standard InChI is InChI=1S/C26H38N4O5/c1-7-29(17(2)3)20-10-8-19(9-11-20)27-21(31)15-35-22(32)14-30-23(33)26(28-24(30)34)13-18(4)12-25(5,6)16-26/h8-11,17-18H,7,12-16H2,1-6H3,(H,27,31)(H,28,34). The van der Waals surface area contributed by atoms with Crippen LogP contribution >= 0.6 is 0 Å². The van der Waals surface area contributed by atoms with Gasteiger partial charge >= 0.3 is 12.0 Å². The van der Waals surface area contributed by atoms with E-state index in [9.17, 15) is 19.2 Å². The van der Waals surface area contributed by atoms with Gasteiger partial charge in [0.2, 0.25) is 0 Å². The fraction of sp³-hybridized carbons (Fsp3) is 0.615. The van der Waals surface area contributed by atoms with Crippen LogP contribution in [0.5, 0.6) is 0 Å². The first kappa shape index (κ1) is 26.5. The lowest BCUT2D eigenvalue weighted by atomic mass is 9.64. The number of nitrogens with zero attached hydrogens (tertiary/aromatic N) is 2. The second kappa shape index (κ2) is 10.3.